The molecule has 1 aliphatic rings. The lowest BCUT2D eigenvalue weighted by Crippen LogP contribution is -2.34. The molecular formula is C22H30O5. The van der Waals surface area contributed by atoms with Gasteiger partial charge < -0.3 is 14.2 Å². The summed E-state index contributed by atoms with van der Waals surface area (Å²) in [6.07, 6.45) is 6.61. The minimum absolute atomic E-state index is 0.0758. The zero-order valence-electron chi connectivity index (χ0n) is 16.7. The van der Waals surface area contributed by atoms with Gasteiger partial charge in [-0.3, -0.25) is 4.79 Å². The van der Waals surface area contributed by atoms with Crippen molar-refractivity contribution in [2.24, 2.45) is 5.41 Å². The molecule has 0 radical (unpaired) electrons. The Kier molecular flexibility index (Phi) is 7.45. The second-order valence-electron chi connectivity index (χ2n) is 7.58. The highest BCUT2D eigenvalue weighted by Crippen LogP contribution is 2.28. The lowest BCUT2D eigenvalue weighted by Gasteiger charge is -2.30. The van der Waals surface area contributed by atoms with Gasteiger partial charge in [-0.05, 0) is 69.7 Å². The smallest absolute Gasteiger partial charge is 0.331 e. The highest BCUT2D eigenvalue weighted by Gasteiger charge is 2.32. The molecule has 2 rings (SSSR count). The van der Waals surface area contributed by atoms with Gasteiger partial charge in [0, 0.05) is 6.08 Å². The second kappa shape index (κ2) is 9.58. The molecule has 0 unspecified atom stereocenters. The van der Waals surface area contributed by atoms with Crippen LogP contribution in [0.1, 0.15) is 58.4 Å². The molecule has 1 fully saturated rings. The first kappa shape index (κ1) is 21.0. The summed E-state index contributed by atoms with van der Waals surface area (Å²) in [5.74, 6) is 0.278. The van der Waals surface area contributed by atoms with Crippen molar-refractivity contribution in [3.05, 3.63) is 35.9 Å². The molecule has 0 aromatic heterocycles. The van der Waals surface area contributed by atoms with Crippen LogP contribution in [0.4, 0.5) is 0 Å². The number of hydrogen-bond acceptors (Lipinski definition) is 5. The third-order valence-electron chi connectivity index (χ3n) is 5.14. The standard InChI is InChI=1S/C22H30O5/c1-5-22(2,3)21(24)27-19-13-11-18(12-14-19)26-20(23)15-8-16-6-9-17(25-4)10-7-16/h6-10,15,18-19H,5,11-14H2,1-4H3/b15-8+. The minimum atomic E-state index is -0.449. The van der Waals surface area contributed by atoms with E-state index < -0.39 is 5.41 Å². The first-order valence-corrected chi connectivity index (χ1v) is 9.58. The molecular weight excluding hydrogens is 344 g/mol. The molecule has 0 spiro atoms. The molecule has 0 saturated heterocycles. The van der Waals surface area contributed by atoms with E-state index in [1.807, 2.05) is 45.0 Å². The van der Waals surface area contributed by atoms with Crippen LogP contribution in [-0.4, -0.2) is 31.3 Å². The normalized spacial score (nSPS) is 20.3. The van der Waals surface area contributed by atoms with Crippen molar-refractivity contribution in [3.8, 4) is 5.75 Å². The van der Waals surface area contributed by atoms with Gasteiger partial charge in [-0.1, -0.05) is 19.1 Å². The maximum atomic E-state index is 12.2. The average Bonchev–Trinajstić information content (AvgIpc) is 2.68. The molecule has 27 heavy (non-hydrogen) atoms. The number of carbonyl (C=O) groups excluding carboxylic acids is 2. The van der Waals surface area contributed by atoms with E-state index in [-0.39, 0.29) is 24.1 Å². The molecule has 1 saturated carbocycles. The van der Waals surface area contributed by atoms with Gasteiger partial charge in [-0.15, -0.1) is 0 Å². The molecule has 148 valence electrons. The molecule has 0 heterocycles. The van der Waals surface area contributed by atoms with Crippen LogP contribution in [0.25, 0.3) is 6.08 Å². The largest absolute Gasteiger partial charge is 0.497 e. The molecule has 5 nitrogen and oxygen atoms in total. The summed E-state index contributed by atoms with van der Waals surface area (Å²) in [5.41, 5.74) is 0.456. The van der Waals surface area contributed by atoms with Gasteiger partial charge in [0.15, 0.2) is 0 Å². The highest BCUT2D eigenvalue weighted by molar-refractivity contribution is 5.87. The van der Waals surface area contributed by atoms with E-state index in [0.29, 0.717) is 12.8 Å². The Bertz CT molecular complexity index is 652. The van der Waals surface area contributed by atoms with E-state index in [2.05, 4.69) is 0 Å². The van der Waals surface area contributed by atoms with Crippen LogP contribution in [-0.2, 0) is 19.1 Å². The monoisotopic (exact) mass is 374 g/mol. The molecule has 0 bridgehead atoms. The van der Waals surface area contributed by atoms with E-state index in [9.17, 15) is 9.59 Å². The summed E-state index contributed by atoms with van der Waals surface area (Å²) in [6, 6.07) is 7.43. The van der Waals surface area contributed by atoms with Crippen LogP contribution in [0.5, 0.6) is 5.75 Å². The maximum Gasteiger partial charge on any atom is 0.331 e. The van der Waals surface area contributed by atoms with Gasteiger partial charge in [0.05, 0.1) is 12.5 Å². The van der Waals surface area contributed by atoms with Crippen LogP contribution >= 0.6 is 0 Å². The minimum Gasteiger partial charge on any atom is -0.497 e. The predicted molar refractivity (Wildman–Crippen MR) is 104 cm³/mol. The maximum absolute atomic E-state index is 12.2. The van der Waals surface area contributed by atoms with Gasteiger partial charge in [0.2, 0.25) is 0 Å². The number of benzene rings is 1. The van der Waals surface area contributed by atoms with Crippen LogP contribution < -0.4 is 4.74 Å². The number of ether oxygens (including phenoxy) is 3. The van der Waals surface area contributed by atoms with Crippen molar-refractivity contribution >= 4 is 18.0 Å². The van der Waals surface area contributed by atoms with Crippen LogP contribution in [0.15, 0.2) is 30.3 Å². The third-order valence-corrected chi connectivity index (χ3v) is 5.14. The van der Waals surface area contributed by atoms with Gasteiger partial charge in [0.25, 0.3) is 0 Å². The zero-order chi connectivity index (χ0) is 19.9. The quantitative estimate of drug-likeness (QED) is 0.518. The molecule has 1 aliphatic carbocycles. The molecule has 1 aromatic carbocycles. The Labute approximate surface area is 161 Å². The molecule has 0 amide bonds. The number of esters is 2. The lowest BCUT2D eigenvalue weighted by atomic mass is 9.90. The van der Waals surface area contributed by atoms with Crippen molar-refractivity contribution in [1.29, 1.82) is 0 Å². The fourth-order valence-electron chi connectivity index (χ4n) is 2.81. The second-order valence-corrected chi connectivity index (χ2v) is 7.58. The van der Waals surface area contributed by atoms with Crippen LogP contribution in [0, 0.1) is 5.41 Å². The Morgan fingerprint density at radius 3 is 2.11 bits per heavy atom. The first-order chi connectivity index (χ1) is 12.8. The molecule has 0 aliphatic heterocycles. The molecule has 1 aromatic rings. The number of hydrogen-bond donors (Lipinski definition) is 0. The predicted octanol–water partition coefficient (Wildman–Crippen LogP) is 4.54. The van der Waals surface area contributed by atoms with E-state index in [1.165, 1.54) is 6.08 Å². The Balaban J connectivity index is 1.75. The third kappa shape index (κ3) is 6.42. The van der Waals surface area contributed by atoms with E-state index in [0.717, 1.165) is 30.6 Å². The fraction of sp³-hybridized carbons (Fsp3) is 0.545. The summed E-state index contributed by atoms with van der Waals surface area (Å²) in [7, 11) is 1.61. The zero-order valence-corrected chi connectivity index (χ0v) is 16.7. The van der Waals surface area contributed by atoms with Crippen molar-refractivity contribution < 1.29 is 23.8 Å². The first-order valence-electron chi connectivity index (χ1n) is 9.58. The number of methoxy groups -OCH3 is 1. The molecule has 5 heteroatoms. The average molecular weight is 374 g/mol. The van der Waals surface area contributed by atoms with Gasteiger partial charge in [0.1, 0.15) is 18.0 Å². The van der Waals surface area contributed by atoms with Crippen LogP contribution in [0.3, 0.4) is 0 Å². The summed E-state index contributed by atoms with van der Waals surface area (Å²) in [6.45, 7) is 5.78. The van der Waals surface area contributed by atoms with Gasteiger partial charge >= 0.3 is 11.9 Å². The summed E-state index contributed by atoms with van der Waals surface area (Å²) >= 11 is 0. The summed E-state index contributed by atoms with van der Waals surface area (Å²) in [4.78, 5) is 24.2. The van der Waals surface area contributed by atoms with E-state index in [4.69, 9.17) is 14.2 Å². The van der Waals surface area contributed by atoms with Crippen molar-refractivity contribution in [2.45, 2.75) is 65.1 Å². The van der Waals surface area contributed by atoms with Crippen molar-refractivity contribution in [3.63, 3.8) is 0 Å². The Morgan fingerprint density at radius 2 is 1.59 bits per heavy atom. The Morgan fingerprint density at radius 1 is 1.04 bits per heavy atom. The van der Waals surface area contributed by atoms with Crippen molar-refractivity contribution in [2.75, 3.05) is 7.11 Å². The summed E-state index contributed by atoms with van der Waals surface area (Å²) < 4.78 is 16.2. The molecule has 0 atom stereocenters. The lowest BCUT2D eigenvalue weighted by molar-refractivity contribution is -0.164. The van der Waals surface area contributed by atoms with E-state index >= 15 is 0 Å². The number of rotatable bonds is 7. The van der Waals surface area contributed by atoms with Crippen molar-refractivity contribution in [1.82, 2.24) is 0 Å². The highest BCUT2D eigenvalue weighted by atomic mass is 16.6. The SMILES string of the molecule is CCC(C)(C)C(=O)OC1CCC(OC(=O)/C=C/c2ccc(OC)cc2)CC1. The summed E-state index contributed by atoms with van der Waals surface area (Å²) in [5, 5.41) is 0. The van der Waals surface area contributed by atoms with E-state index in [1.54, 1.807) is 13.2 Å². The molecule has 0 N–H and O–H groups in total. The fourth-order valence-corrected chi connectivity index (χ4v) is 2.81. The topological polar surface area (TPSA) is 61.8 Å². The number of carbonyl (C=O) groups is 2. The van der Waals surface area contributed by atoms with Gasteiger partial charge in [-0.25, -0.2) is 4.79 Å². The van der Waals surface area contributed by atoms with Crippen LogP contribution in [0.2, 0.25) is 0 Å². The van der Waals surface area contributed by atoms with Gasteiger partial charge in [-0.2, -0.15) is 0 Å². The Hall–Kier alpha value is -2.30.